The molecular weight excluding hydrogens is 512 g/mol. The molecule has 6 nitrogen and oxygen atoms in total. The van der Waals surface area contributed by atoms with Crippen LogP contribution in [-0.4, -0.2) is 83.7 Å². The van der Waals surface area contributed by atoms with Crippen molar-refractivity contribution in [3.63, 3.8) is 0 Å². The first-order valence-electron chi connectivity index (χ1n) is 10.3. The molecule has 3 aliphatic heterocycles. The van der Waals surface area contributed by atoms with Crippen LogP contribution < -0.4 is 10.2 Å². The Morgan fingerprint density at radius 2 is 1.78 bits per heavy atom. The fourth-order valence-corrected chi connectivity index (χ4v) is 5.85. The van der Waals surface area contributed by atoms with Crippen molar-refractivity contribution < 1.29 is 4.79 Å². The van der Waals surface area contributed by atoms with Crippen LogP contribution in [0.15, 0.2) is 30.5 Å². The number of rotatable bonds is 3. The smallest absolute Gasteiger partial charge is 0.240 e. The highest BCUT2D eigenvalue weighted by atomic mass is 35.5. The average molecular weight is 541 g/mol. The molecule has 0 radical (unpaired) electrons. The fraction of sp³-hybridized carbons (Fsp3) is 0.524. The molecule has 2 atom stereocenters. The van der Waals surface area contributed by atoms with Crippen LogP contribution >= 0.6 is 60.6 Å². The maximum atomic E-state index is 12.7. The summed E-state index contributed by atoms with van der Waals surface area (Å²) in [5.74, 6) is 3.22. The van der Waals surface area contributed by atoms with Gasteiger partial charge in [0.25, 0.3) is 0 Å². The second-order valence-corrected chi connectivity index (χ2v) is 9.47. The van der Waals surface area contributed by atoms with Gasteiger partial charge in [-0.15, -0.1) is 49.0 Å². The Balaban J connectivity index is 0.00000121. The minimum atomic E-state index is -0.0152. The predicted octanol–water partition coefficient (Wildman–Crippen LogP) is 3.54. The number of carbonyl (C=O) groups is 1. The molecule has 4 heterocycles. The van der Waals surface area contributed by atoms with E-state index >= 15 is 0 Å². The number of thioether (sulfide) groups is 1. The van der Waals surface area contributed by atoms with Crippen molar-refractivity contribution in [2.24, 2.45) is 0 Å². The van der Waals surface area contributed by atoms with Crippen LogP contribution in [0.5, 0.6) is 0 Å². The number of fused-ring (bicyclic) bond motifs is 1. The molecule has 0 aliphatic carbocycles. The van der Waals surface area contributed by atoms with Crippen LogP contribution in [0.25, 0.3) is 10.8 Å². The normalized spacial score (nSPS) is 23.4. The minimum absolute atomic E-state index is 0. The van der Waals surface area contributed by atoms with Crippen molar-refractivity contribution in [2.45, 2.75) is 18.5 Å². The molecule has 1 aromatic carbocycles. The molecule has 11 heteroatoms. The topological polar surface area (TPSA) is 51.7 Å². The Morgan fingerprint density at radius 3 is 2.47 bits per heavy atom. The second-order valence-electron chi connectivity index (χ2n) is 7.99. The zero-order valence-corrected chi connectivity index (χ0v) is 21.6. The van der Waals surface area contributed by atoms with Crippen molar-refractivity contribution >= 4 is 83.1 Å². The van der Waals surface area contributed by atoms with Crippen molar-refractivity contribution in [1.29, 1.82) is 0 Å². The predicted molar refractivity (Wildman–Crippen MR) is 142 cm³/mol. The third-order valence-electron chi connectivity index (χ3n) is 6.33. The van der Waals surface area contributed by atoms with E-state index in [0.29, 0.717) is 11.1 Å². The van der Waals surface area contributed by atoms with E-state index in [2.05, 4.69) is 32.2 Å². The number of aromatic nitrogens is 1. The number of pyridine rings is 1. The van der Waals surface area contributed by atoms with Crippen LogP contribution in [0.4, 0.5) is 5.82 Å². The molecule has 0 bridgehead atoms. The molecule has 178 valence electrons. The number of nitrogens with zero attached hydrogens (tertiary/aromatic N) is 4. The molecule has 0 unspecified atom stereocenters. The van der Waals surface area contributed by atoms with E-state index in [0.717, 1.165) is 73.9 Å². The summed E-state index contributed by atoms with van der Waals surface area (Å²) in [5.41, 5.74) is 0. The lowest BCUT2D eigenvalue weighted by Crippen LogP contribution is -2.51. The Morgan fingerprint density at radius 1 is 1.06 bits per heavy atom. The molecule has 1 aromatic heterocycles. The third-order valence-corrected chi connectivity index (χ3v) is 7.59. The molecule has 1 amide bonds. The monoisotopic (exact) mass is 539 g/mol. The number of nitrogens with one attached hydrogen (secondary N) is 1. The molecule has 0 saturated carbocycles. The summed E-state index contributed by atoms with van der Waals surface area (Å²) in [6.07, 6.45) is 2.68. The van der Waals surface area contributed by atoms with Crippen LogP contribution in [0.1, 0.15) is 6.42 Å². The van der Waals surface area contributed by atoms with Crippen molar-refractivity contribution in [2.75, 3.05) is 55.8 Å². The lowest BCUT2D eigenvalue weighted by atomic mass is 10.1. The van der Waals surface area contributed by atoms with Gasteiger partial charge in [-0.2, -0.15) is 0 Å². The van der Waals surface area contributed by atoms with Crippen molar-refractivity contribution in [3.05, 3.63) is 35.5 Å². The summed E-state index contributed by atoms with van der Waals surface area (Å²) in [4.78, 5) is 24.2. The van der Waals surface area contributed by atoms with Gasteiger partial charge in [-0.1, -0.05) is 35.9 Å². The highest BCUT2D eigenvalue weighted by Crippen LogP contribution is 2.30. The molecule has 2 aromatic rings. The van der Waals surface area contributed by atoms with Gasteiger partial charge in [0.1, 0.15) is 5.82 Å². The first-order chi connectivity index (χ1) is 14.2. The quantitative estimate of drug-likeness (QED) is 0.642. The van der Waals surface area contributed by atoms with Crippen LogP contribution in [-0.2, 0) is 4.79 Å². The highest BCUT2D eigenvalue weighted by molar-refractivity contribution is 7.99. The molecule has 0 spiro atoms. The average Bonchev–Trinajstić information content (AvgIpc) is 3.47. The van der Waals surface area contributed by atoms with Gasteiger partial charge in [0.05, 0.1) is 16.9 Å². The van der Waals surface area contributed by atoms with E-state index in [1.54, 1.807) is 6.20 Å². The van der Waals surface area contributed by atoms with E-state index in [1.807, 2.05) is 28.8 Å². The van der Waals surface area contributed by atoms with Gasteiger partial charge in [-0.3, -0.25) is 9.69 Å². The number of halogens is 4. The highest BCUT2D eigenvalue weighted by Gasteiger charge is 2.36. The number of carbonyl (C=O) groups excluding carboxylic acids is 1. The first-order valence-corrected chi connectivity index (χ1v) is 11.9. The van der Waals surface area contributed by atoms with Crippen LogP contribution in [0.2, 0.25) is 5.02 Å². The van der Waals surface area contributed by atoms with Gasteiger partial charge in [-0.25, -0.2) is 4.98 Å². The molecule has 3 fully saturated rings. The van der Waals surface area contributed by atoms with Gasteiger partial charge >= 0.3 is 0 Å². The second kappa shape index (κ2) is 12.2. The Bertz CT molecular complexity index is 909. The summed E-state index contributed by atoms with van der Waals surface area (Å²) in [6, 6.07) is 8.64. The SMILES string of the molecule is Cl.Cl.Cl.O=C([C@@H]1C[C@H](N2CCN(c3ncc(Cl)c4ccccc34)CC2)CN1)N1CCSC1. The van der Waals surface area contributed by atoms with Gasteiger partial charge in [0.2, 0.25) is 5.91 Å². The van der Waals surface area contributed by atoms with Crippen LogP contribution in [0.3, 0.4) is 0 Å². The van der Waals surface area contributed by atoms with Gasteiger partial charge in [0, 0.05) is 68.0 Å². The maximum absolute atomic E-state index is 12.7. The maximum Gasteiger partial charge on any atom is 0.240 e. The van der Waals surface area contributed by atoms with E-state index < -0.39 is 0 Å². The standard InChI is InChI=1S/C21H26ClN5OS.3ClH/c22-18-13-24-20(17-4-2-1-3-16(17)18)26-7-5-25(6-8-26)15-11-19(23-12-15)21(28)27-9-10-29-14-27;;;/h1-4,13,15,19,23H,5-12,14H2;3*1H/t15-,19-;;;/m0.../s1. The van der Waals surface area contributed by atoms with E-state index in [4.69, 9.17) is 11.6 Å². The minimum Gasteiger partial charge on any atom is -0.354 e. The van der Waals surface area contributed by atoms with E-state index in [9.17, 15) is 4.79 Å². The number of benzene rings is 1. The lowest BCUT2D eigenvalue weighted by Gasteiger charge is -2.38. The molecular formula is C21H29Cl4N5OS. The number of amides is 1. The first kappa shape index (κ1) is 27.6. The van der Waals surface area contributed by atoms with Crippen molar-refractivity contribution in [3.8, 4) is 0 Å². The molecule has 1 N–H and O–H groups in total. The summed E-state index contributed by atoms with van der Waals surface area (Å²) in [6.45, 7) is 5.66. The summed E-state index contributed by atoms with van der Waals surface area (Å²) in [7, 11) is 0. The van der Waals surface area contributed by atoms with Crippen LogP contribution in [0, 0.1) is 0 Å². The Hall–Kier alpha value is -0.670. The van der Waals surface area contributed by atoms with Crippen molar-refractivity contribution in [1.82, 2.24) is 20.1 Å². The fourth-order valence-electron chi connectivity index (χ4n) is 4.69. The van der Waals surface area contributed by atoms with E-state index in [-0.39, 0.29) is 49.2 Å². The zero-order chi connectivity index (χ0) is 19.8. The molecule has 32 heavy (non-hydrogen) atoms. The lowest BCUT2D eigenvalue weighted by molar-refractivity contribution is -0.131. The summed E-state index contributed by atoms with van der Waals surface area (Å²) in [5, 5.41) is 6.35. The molecule has 3 saturated heterocycles. The Kier molecular flexibility index (Phi) is 10.5. The largest absolute Gasteiger partial charge is 0.354 e. The van der Waals surface area contributed by atoms with Gasteiger partial charge in [0.15, 0.2) is 0 Å². The zero-order valence-electron chi connectivity index (χ0n) is 17.6. The van der Waals surface area contributed by atoms with E-state index in [1.165, 1.54) is 0 Å². The number of hydrogen-bond acceptors (Lipinski definition) is 6. The molecule has 3 aliphatic rings. The number of hydrogen-bond donors (Lipinski definition) is 1. The number of anilines is 1. The summed E-state index contributed by atoms with van der Waals surface area (Å²) < 4.78 is 0. The van der Waals surface area contributed by atoms with Gasteiger partial charge in [-0.05, 0) is 6.42 Å². The number of piperazine rings is 1. The Labute approximate surface area is 217 Å². The molecule has 5 rings (SSSR count). The van der Waals surface area contributed by atoms with Gasteiger partial charge < -0.3 is 15.1 Å². The third kappa shape index (κ3) is 5.52. The summed E-state index contributed by atoms with van der Waals surface area (Å²) >= 11 is 8.18.